The van der Waals surface area contributed by atoms with Crippen molar-refractivity contribution in [2.75, 3.05) is 6.61 Å². The Hall–Kier alpha value is -1.24. The molecule has 19 heavy (non-hydrogen) atoms. The van der Waals surface area contributed by atoms with E-state index >= 15 is 0 Å². The molecule has 1 atom stereocenters. The maximum absolute atomic E-state index is 5.73. The molecule has 0 fully saturated rings. The maximum atomic E-state index is 5.73. The van der Waals surface area contributed by atoms with E-state index < -0.39 is 0 Å². The molecule has 1 rings (SSSR count). The van der Waals surface area contributed by atoms with Gasteiger partial charge in [-0.1, -0.05) is 19.1 Å². The van der Waals surface area contributed by atoms with E-state index in [-0.39, 0.29) is 0 Å². The zero-order chi connectivity index (χ0) is 14.4. The van der Waals surface area contributed by atoms with Crippen molar-refractivity contribution in [3.8, 4) is 5.75 Å². The summed E-state index contributed by atoms with van der Waals surface area (Å²) in [4.78, 5) is 0. The van der Waals surface area contributed by atoms with Crippen LogP contribution in [0.4, 0.5) is 0 Å². The van der Waals surface area contributed by atoms with Gasteiger partial charge in [-0.3, -0.25) is 0 Å². The number of rotatable bonds is 6. The highest BCUT2D eigenvalue weighted by Crippen LogP contribution is 2.35. The SMILES string of the molecule is C/C=C\CC(CC)c1c(C)cc(OCC)c(C)c1C. The Morgan fingerprint density at radius 2 is 1.84 bits per heavy atom. The van der Waals surface area contributed by atoms with Gasteiger partial charge in [-0.15, -0.1) is 0 Å². The van der Waals surface area contributed by atoms with Crippen molar-refractivity contribution in [1.82, 2.24) is 0 Å². The van der Waals surface area contributed by atoms with Crippen molar-refractivity contribution in [1.29, 1.82) is 0 Å². The van der Waals surface area contributed by atoms with Crippen molar-refractivity contribution in [2.45, 2.75) is 60.3 Å². The lowest BCUT2D eigenvalue weighted by Gasteiger charge is -2.22. The van der Waals surface area contributed by atoms with Gasteiger partial charge >= 0.3 is 0 Å². The molecule has 0 amide bonds. The highest BCUT2D eigenvalue weighted by Gasteiger charge is 2.17. The summed E-state index contributed by atoms with van der Waals surface area (Å²) in [6.07, 6.45) is 6.73. The van der Waals surface area contributed by atoms with Crippen molar-refractivity contribution in [2.24, 2.45) is 0 Å². The minimum Gasteiger partial charge on any atom is -0.494 e. The van der Waals surface area contributed by atoms with Crippen LogP contribution >= 0.6 is 0 Å². The maximum Gasteiger partial charge on any atom is 0.122 e. The highest BCUT2D eigenvalue weighted by molar-refractivity contribution is 5.49. The van der Waals surface area contributed by atoms with Crippen molar-refractivity contribution in [3.05, 3.63) is 40.5 Å². The molecule has 0 aliphatic heterocycles. The minimum absolute atomic E-state index is 0.616. The van der Waals surface area contributed by atoms with Crippen LogP contribution in [0, 0.1) is 20.8 Å². The monoisotopic (exact) mass is 260 g/mol. The fourth-order valence-electron chi connectivity index (χ4n) is 2.79. The third kappa shape index (κ3) is 3.62. The standard InChI is InChI=1S/C18H28O/c1-7-10-11-16(8-2)18-13(4)12-17(19-9-3)14(5)15(18)6/h7,10,12,16H,8-9,11H2,1-6H3/b10-7-. The Morgan fingerprint density at radius 3 is 2.37 bits per heavy atom. The van der Waals surface area contributed by atoms with Gasteiger partial charge in [-0.05, 0) is 81.7 Å². The minimum atomic E-state index is 0.616. The molecule has 0 N–H and O–H groups in total. The second-order valence-electron chi connectivity index (χ2n) is 5.20. The summed E-state index contributed by atoms with van der Waals surface area (Å²) in [5.41, 5.74) is 5.57. The van der Waals surface area contributed by atoms with E-state index in [9.17, 15) is 0 Å². The van der Waals surface area contributed by atoms with Gasteiger partial charge in [0.15, 0.2) is 0 Å². The summed E-state index contributed by atoms with van der Waals surface area (Å²) in [6, 6.07) is 2.21. The topological polar surface area (TPSA) is 9.23 Å². The number of benzene rings is 1. The molecule has 1 nitrogen and oxygen atoms in total. The van der Waals surface area contributed by atoms with Crippen molar-refractivity contribution < 1.29 is 4.74 Å². The van der Waals surface area contributed by atoms with Crippen LogP contribution in [0.1, 0.15) is 61.8 Å². The first-order valence-electron chi connectivity index (χ1n) is 7.41. The fraction of sp³-hybridized carbons (Fsp3) is 0.556. The van der Waals surface area contributed by atoms with Gasteiger partial charge in [0.1, 0.15) is 5.75 Å². The van der Waals surface area contributed by atoms with Crippen LogP contribution in [0.5, 0.6) is 5.75 Å². The van der Waals surface area contributed by atoms with Crippen molar-refractivity contribution >= 4 is 0 Å². The normalized spacial score (nSPS) is 12.9. The van der Waals surface area contributed by atoms with E-state index in [4.69, 9.17) is 4.74 Å². The van der Waals surface area contributed by atoms with Gasteiger partial charge in [0.05, 0.1) is 6.61 Å². The van der Waals surface area contributed by atoms with E-state index in [2.05, 4.69) is 52.8 Å². The van der Waals surface area contributed by atoms with Crippen LogP contribution in [0.3, 0.4) is 0 Å². The van der Waals surface area contributed by atoms with E-state index in [1.165, 1.54) is 28.7 Å². The van der Waals surface area contributed by atoms with Gasteiger partial charge in [-0.25, -0.2) is 0 Å². The van der Waals surface area contributed by atoms with Gasteiger partial charge in [0, 0.05) is 0 Å². The van der Waals surface area contributed by atoms with Crippen LogP contribution < -0.4 is 4.74 Å². The number of hydrogen-bond acceptors (Lipinski definition) is 1. The molecule has 1 heteroatoms. The van der Waals surface area contributed by atoms with Crippen LogP contribution in [0.15, 0.2) is 18.2 Å². The molecule has 1 unspecified atom stereocenters. The highest BCUT2D eigenvalue weighted by atomic mass is 16.5. The molecule has 0 saturated carbocycles. The third-order valence-electron chi connectivity index (χ3n) is 3.97. The number of aryl methyl sites for hydroxylation is 1. The van der Waals surface area contributed by atoms with Crippen molar-refractivity contribution in [3.63, 3.8) is 0 Å². The molecular weight excluding hydrogens is 232 g/mol. The van der Waals surface area contributed by atoms with E-state index in [0.29, 0.717) is 5.92 Å². The zero-order valence-corrected chi connectivity index (χ0v) is 13.3. The second kappa shape index (κ2) is 7.37. The Labute approximate surface area is 118 Å². The summed E-state index contributed by atoms with van der Waals surface area (Å²) in [6.45, 7) is 13.8. The molecule has 1 aromatic rings. The number of hydrogen-bond donors (Lipinski definition) is 0. The average molecular weight is 260 g/mol. The lowest BCUT2D eigenvalue weighted by Crippen LogP contribution is -2.06. The molecule has 1 aromatic carbocycles. The zero-order valence-electron chi connectivity index (χ0n) is 13.3. The molecule has 0 aromatic heterocycles. The average Bonchev–Trinajstić information content (AvgIpc) is 2.39. The van der Waals surface area contributed by atoms with E-state index in [1.54, 1.807) is 0 Å². The summed E-state index contributed by atoms with van der Waals surface area (Å²) < 4.78 is 5.73. The smallest absolute Gasteiger partial charge is 0.122 e. The van der Waals surface area contributed by atoms with Crippen LogP contribution in [0.2, 0.25) is 0 Å². The molecular formula is C18H28O. The number of allylic oxidation sites excluding steroid dienone is 2. The summed E-state index contributed by atoms with van der Waals surface area (Å²) in [7, 11) is 0. The second-order valence-corrected chi connectivity index (χ2v) is 5.20. The van der Waals surface area contributed by atoms with Gasteiger partial charge in [-0.2, -0.15) is 0 Å². The largest absolute Gasteiger partial charge is 0.494 e. The Bertz CT molecular complexity index is 443. The van der Waals surface area contributed by atoms with Gasteiger partial charge in [0.2, 0.25) is 0 Å². The fourth-order valence-corrected chi connectivity index (χ4v) is 2.79. The molecule has 0 bridgehead atoms. The summed E-state index contributed by atoms with van der Waals surface area (Å²) in [5.74, 6) is 1.66. The molecule has 0 saturated heterocycles. The number of ether oxygens (including phenoxy) is 1. The first-order chi connectivity index (χ1) is 9.06. The summed E-state index contributed by atoms with van der Waals surface area (Å²) >= 11 is 0. The molecule has 106 valence electrons. The first-order valence-corrected chi connectivity index (χ1v) is 7.41. The lowest BCUT2D eigenvalue weighted by molar-refractivity contribution is 0.337. The first kappa shape index (κ1) is 15.8. The molecule has 0 aliphatic rings. The molecule has 0 radical (unpaired) electrons. The van der Waals surface area contributed by atoms with Gasteiger partial charge in [0.25, 0.3) is 0 Å². The molecule has 0 heterocycles. The van der Waals surface area contributed by atoms with Crippen LogP contribution in [0.25, 0.3) is 0 Å². The summed E-state index contributed by atoms with van der Waals surface area (Å²) in [5, 5.41) is 0. The van der Waals surface area contributed by atoms with E-state index in [0.717, 1.165) is 18.8 Å². The Kier molecular flexibility index (Phi) is 6.14. The predicted octanol–water partition coefficient (Wildman–Crippen LogP) is 5.47. The predicted molar refractivity (Wildman–Crippen MR) is 84.3 cm³/mol. The quantitative estimate of drug-likeness (QED) is 0.616. The third-order valence-corrected chi connectivity index (χ3v) is 3.97. The molecule has 0 spiro atoms. The Balaban J connectivity index is 3.23. The molecule has 0 aliphatic carbocycles. The van der Waals surface area contributed by atoms with Crippen LogP contribution in [-0.2, 0) is 0 Å². The van der Waals surface area contributed by atoms with E-state index in [1.807, 2.05) is 6.92 Å². The van der Waals surface area contributed by atoms with Gasteiger partial charge < -0.3 is 4.74 Å². The lowest BCUT2D eigenvalue weighted by atomic mass is 9.84. The van der Waals surface area contributed by atoms with Crippen LogP contribution in [-0.4, -0.2) is 6.61 Å². The Morgan fingerprint density at radius 1 is 1.16 bits per heavy atom.